The van der Waals surface area contributed by atoms with Crippen molar-refractivity contribution in [3.8, 4) is 0 Å². The van der Waals surface area contributed by atoms with Gasteiger partial charge in [-0.25, -0.2) is 0 Å². The Bertz CT molecular complexity index is 393. The van der Waals surface area contributed by atoms with Gasteiger partial charge in [0.15, 0.2) is 0 Å². The molecule has 1 aliphatic carbocycles. The number of hydrogen-bond acceptors (Lipinski definition) is 1. The Morgan fingerprint density at radius 1 is 1.15 bits per heavy atom. The highest BCUT2D eigenvalue weighted by atomic mass is 16.3. The molecule has 1 aromatic carbocycles. The fraction of sp³-hybridized carbons (Fsp3) is 0.684. The van der Waals surface area contributed by atoms with Crippen molar-refractivity contribution in [2.45, 2.75) is 71.3 Å². The van der Waals surface area contributed by atoms with Crippen molar-refractivity contribution in [1.82, 2.24) is 0 Å². The molecule has 112 valence electrons. The second kappa shape index (κ2) is 7.26. The monoisotopic (exact) mass is 274 g/mol. The number of rotatable bonds is 5. The average Bonchev–Trinajstić information content (AvgIpc) is 2.47. The molecule has 0 aromatic heterocycles. The zero-order chi connectivity index (χ0) is 14.5. The van der Waals surface area contributed by atoms with Crippen LogP contribution in [0.2, 0.25) is 0 Å². The van der Waals surface area contributed by atoms with Gasteiger partial charge in [0.25, 0.3) is 0 Å². The molecule has 1 saturated carbocycles. The molecular weight excluding hydrogens is 244 g/mol. The lowest BCUT2D eigenvalue weighted by molar-refractivity contribution is 0.0685. The van der Waals surface area contributed by atoms with E-state index in [1.807, 2.05) is 0 Å². The Morgan fingerprint density at radius 3 is 2.45 bits per heavy atom. The van der Waals surface area contributed by atoms with Gasteiger partial charge < -0.3 is 5.11 Å². The van der Waals surface area contributed by atoms with E-state index < -0.39 is 0 Å². The molecule has 1 nitrogen and oxygen atoms in total. The third-order valence-electron chi connectivity index (χ3n) is 5.04. The standard InChI is InChI=1S/C19H30O/c1-4-15-6-5-7-18(12-15)19(20)13-16-8-10-17(11-9-16)14(2)3/h8-11,14-15,18-20H,4-7,12-13H2,1-3H3. The molecule has 1 aromatic rings. The second-order valence-electron chi connectivity index (χ2n) is 6.87. The highest BCUT2D eigenvalue weighted by Crippen LogP contribution is 2.33. The van der Waals surface area contributed by atoms with E-state index in [2.05, 4.69) is 45.0 Å². The van der Waals surface area contributed by atoms with E-state index in [1.54, 1.807) is 0 Å². The van der Waals surface area contributed by atoms with Crippen LogP contribution in [0.25, 0.3) is 0 Å². The quantitative estimate of drug-likeness (QED) is 0.807. The first-order chi connectivity index (χ1) is 9.60. The van der Waals surface area contributed by atoms with Crippen LogP contribution in [0.4, 0.5) is 0 Å². The molecule has 0 bridgehead atoms. The van der Waals surface area contributed by atoms with Crippen LogP contribution in [0.15, 0.2) is 24.3 Å². The van der Waals surface area contributed by atoms with Gasteiger partial charge in [0, 0.05) is 0 Å². The van der Waals surface area contributed by atoms with Crippen LogP contribution in [0.3, 0.4) is 0 Å². The smallest absolute Gasteiger partial charge is 0.0608 e. The zero-order valence-corrected chi connectivity index (χ0v) is 13.3. The van der Waals surface area contributed by atoms with Crippen LogP contribution in [0.1, 0.15) is 69.9 Å². The minimum absolute atomic E-state index is 0.158. The lowest BCUT2D eigenvalue weighted by atomic mass is 9.76. The van der Waals surface area contributed by atoms with Gasteiger partial charge in [0.1, 0.15) is 0 Å². The average molecular weight is 274 g/mol. The van der Waals surface area contributed by atoms with Crippen molar-refractivity contribution in [3.63, 3.8) is 0 Å². The lowest BCUT2D eigenvalue weighted by Gasteiger charge is -2.31. The van der Waals surface area contributed by atoms with Gasteiger partial charge >= 0.3 is 0 Å². The molecule has 0 radical (unpaired) electrons. The molecule has 0 heterocycles. The third-order valence-corrected chi connectivity index (χ3v) is 5.04. The highest BCUT2D eigenvalue weighted by Gasteiger charge is 2.26. The fourth-order valence-corrected chi connectivity index (χ4v) is 3.50. The molecule has 0 spiro atoms. The molecule has 1 aliphatic rings. The number of aliphatic hydroxyl groups is 1. The minimum Gasteiger partial charge on any atom is -0.392 e. The lowest BCUT2D eigenvalue weighted by Crippen LogP contribution is -2.28. The van der Waals surface area contributed by atoms with E-state index in [4.69, 9.17) is 0 Å². The first-order valence-corrected chi connectivity index (χ1v) is 8.37. The Kier molecular flexibility index (Phi) is 5.65. The van der Waals surface area contributed by atoms with Crippen molar-refractivity contribution in [3.05, 3.63) is 35.4 Å². The van der Waals surface area contributed by atoms with Crippen molar-refractivity contribution in [1.29, 1.82) is 0 Å². The molecular formula is C19H30O. The molecule has 2 rings (SSSR count). The molecule has 3 unspecified atom stereocenters. The van der Waals surface area contributed by atoms with Gasteiger partial charge in [-0.15, -0.1) is 0 Å². The minimum atomic E-state index is -0.158. The SMILES string of the molecule is CCC1CCCC(C(O)Cc2ccc(C(C)C)cc2)C1. The predicted octanol–water partition coefficient (Wildman–Crippen LogP) is 4.93. The summed E-state index contributed by atoms with van der Waals surface area (Å²) in [6.07, 6.45) is 7.03. The third kappa shape index (κ3) is 4.09. The van der Waals surface area contributed by atoms with Crippen molar-refractivity contribution in [2.24, 2.45) is 11.8 Å². The summed E-state index contributed by atoms with van der Waals surface area (Å²) in [6, 6.07) is 8.81. The van der Waals surface area contributed by atoms with Crippen LogP contribution >= 0.6 is 0 Å². The van der Waals surface area contributed by atoms with Gasteiger partial charge in [-0.3, -0.25) is 0 Å². The van der Waals surface area contributed by atoms with E-state index in [9.17, 15) is 5.11 Å². The number of hydrogen-bond donors (Lipinski definition) is 1. The number of aliphatic hydroxyl groups excluding tert-OH is 1. The van der Waals surface area contributed by atoms with Crippen LogP contribution in [0.5, 0.6) is 0 Å². The first-order valence-electron chi connectivity index (χ1n) is 8.37. The second-order valence-corrected chi connectivity index (χ2v) is 6.87. The van der Waals surface area contributed by atoms with Crippen LogP contribution < -0.4 is 0 Å². The molecule has 1 N–H and O–H groups in total. The Hall–Kier alpha value is -0.820. The molecule has 1 fully saturated rings. The summed E-state index contributed by atoms with van der Waals surface area (Å²) >= 11 is 0. The van der Waals surface area contributed by atoms with E-state index in [-0.39, 0.29) is 6.10 Å². The molecule has 0 aliphatic heterocycles. The van der Waals surface area contributed by atoms with Gasteiger partial charge in [-0.1, -0.05) is 64.3 Å². The van der Waals surface area contributed by atoms with Crippen molar-refractivity contribution >= 4 is 0 Å². The maximum atomic E-state index is 10.5. The summed E-state index contributed by atoms with van der Waals surface area (Å²) in [5.41, 5.74) is 2.66. The van der Waals surface area contributed by atoms with Crippen LogP contribution in [-0.4, -0.2) is 11.2 Å². The normalized spacial score (nSPS) is 24.9. The van der Waals surface area contributed by atoms with E-state index in [1.165, 1.54) is 43.2 Å². The highest BCUT2D eigenvalue weighted by molar-refractivity contribution is 5.25. The van der Waals surface area contributed by atoms with Gasteiger partial charge in [0.05, 0.1) is 6.10 Å². The molecule has 0 amide bonds. The van der Waals surface area contributed by atoms with Gasteiger partial charge in [0.2, 0.25) is 0 Å². The van der Waals surface area contributed by atoms with Crippen LogP contribution in [0, 0.1) is 11.8 Å². The van der Waals surface area contributed by atoms with E-state index in [0.717, 1.165) is 12.3 Å². The number of benzene rings is 1. The van der Waals surface area contributed by atoms with Gasteiger partial charge in [-0.2, -0.15) is 0 Å². The van der Waals surface area contributed by atoms with Gasteiger partial charge in [-0.05, 0) is 48.1 Å². The maximum absolute atomic E-state index is 10.5. The molecule has 3 atom stereocenters. The summed E-state index contributed by atoms with van der Waals surface area (Å²) in [7, 11) is 0. The van der Waals surface area contributed by atoms with Crippen molar-refractivity contribution < 1.29 is 5.11 Å². The molecule has 20 heavy (non-hydrogen) atoms. The Balaban J connectivity index is 1.91. The van der Waals surface area contributed by atoms with E-state index in [0.29, 0.717) is 11.8 Å². The van der Waals surface area contributed by atoms with Crippen molar-refractivity contribution in [2.75, 3.05) is 0 Å². The Labute approximate surface area is 124 Å². The molecule has 0 saturated heterocycles. The summed E-state index contributed by atoms with van der Waals surface area (Å²) in [6.45, 7) is 6.72. The predicted molar refractivity (Wildman–Crippen MR) is 86.0 cm³/mol. The summed E-state index contributed by atoms with van der Waals surface area (Å²) in [5, 5.41) is 10.5. The summed E-state index contributed by atoms with van der Waals surface area (Å²) < 4.78 is 0. The zero-order valence-electron chi connectivity index (χ0n) is 13.3. The first kappa shape index (κ1) is 15.6. The van der Waals surface area contributed by atoms with Crippen LogP contribution in [-0.2, 0) is 6.42 Å². The maximum Gasteiger partial charge on any atom is 0.0608 e. The summed E-state index contributed by atoms with van der Waals surface area (Å²) in [5.74, 6) is 1.93. The van der Waals surface area contributed by atoms with E-state index >= 15 is 0 Å². The molecule has 1 heteroatoms. The summed E-state index contributed by atoms with van der Waals surface area (Å²) in [4.78, 5) is 0. The topological polar surface area (TPSA) is 20.2 Å². The Morgan fingerprint density at radius 2 is 1.85 bits per heavy atom. The fourth-order valence-electron chi connectivity index (χ4n) is 3.50. The largest absolute Gasteiger partial charge is 0.392 e.